The molecule has 3 N–H and O–H groups in total. The lowest BCUT2D eigenvalue weighted by Crippen LogP contribution is -2.12. The molecule has 0 aliphatic heterocycles. The molecule has 0 aliphatic rings. The first-order valence-electron chi connectivity index (χ1n) is 7.69. The van der Waals surface area contributed by atoms with Crippen LogP contribution in [0.3, 0.4) is 0 Å². The number of aryl methyl sites for hydroxylation is 1. The number of benzene rings is 1. The third-order valence-electron chi connectivity index (χ3n) is 3.78. The van der Waals surface area contributed by atoms with Gasteiger partial charge in [0.1, 0.15) is 17.2 Å². The van der Waals surface area contributed by atoms with Gasteiger partial charge in [0.15, 0.2) is 5.82 Å². The standard InChI is InChI=1S/C15H16F4N6.2ClH/c1-8-23-24-14-13(21-5-3-2-4-20)22-12-10(15(17,18)19)6-9(16)7-11(12)25(8)14;;/h6-7H,2-5,20H2,1H3,(H,21,22);2*1H. The molecule has 3 aromatic rings. The predicted molar refractivity (Wildman–Crippen MR) is 99.3 cm³/mol. The van der Waals surface area contributed by atoms with Gasteiger partial charge in [0.05, 0.1) is 11.1 Å². The first kappa shape index (κ1) is 23.1. The van der Waals surface area contributed by atoms with E-state index in [9.17, 15) is 17.6 Å². The van der Waals surface area contributed by atoms with Crippen molar-refractivity contribution in [3.05, 3.63) is 29.3 Å². The Bertz CT molecular complexity index is 928. The molecule has 0 fully saturated rings. The van der Waals surface area contributed by atoms with Crippen LogP contribution in [0.5, 0.6) is 0 Å². The lowest BCUT2D eigenvalue weighted by atomic mass is 10.1. The van der Waals surface area contributed by atoms with Crippen LogP contribution in [-0.2, 0) is 6.18 Å². The van der Waals surface area contributed by atoms with Crippen molar-refractivity contribution in [1.29, 1.82) is 0 Å². The largest absolute Gasteiger partial charge is 0.418 e. The van der Waals surface area contributed by atoms with Gasteiger partial charge in [-0.15, -0.1) is 35.0 Å². The minimum absolute atomic E-state index is 0. The monoisotopic (exact) mass is 428 g/mol. The molecule has 0 radical (unpaired) electrons. The summed E-state index contributed by atoms with van der Waals surface area (Å²) in [4.78, 5) is 4.07. The number of fused-ring (bicyclic) bond motifs is 3. The zero-order valence-corrected chi connectivity index (χ0v) is 15.8. The molecular weight excluding hydrogens is 411 g/mol. The maximum Gasteiger partial charge on any atom is 0.418 e. The average molecular weight is 429 g/mol. The summed E-state index contributed by atoms with van der Waals surface area (Å²) in [6.45, 7) is 2.57. The van der Waals surface area contributed by atoms with Gasteiger partial charge in [0.25, 0.3) is 0 Å². The Morgan fingerprint density at radius 2 is 1.85 bits per heavy atom. The lowest BCUT2D eigenvalue weighted by Gasteiger charge is -2.14. The average Bonchev–Trinajstić information content (AvgIpc) is 2.93. The van der Waals surface area contributed by atoms with E-state index in [0.717, 1.165) is 18.9 Å². The number of anilines is 1. The molecule has 0 spiro atoms. The number of rotatable bonds is 5. The van der Waals surface area contributed by atoms with Gasteiger partial charge in [-0.3, -0.25) is 4.40 Å². The number of hydrogen-bond acceptors (Lipinski definition) is 5. The minimum atomic E-state index is -4.74. The topological polar surface area (TPSA) is 81.1 Å². The van der Waals surface area contributed by atoms with Crippen LogP contribution in [0.25, 0.3) is 16.7 Å². The molecule has 2 aromatic heterocycles. The van der Waals surface area contributed by atoms with Gasteiger partial charge in [-0.05, 0) is 32.4 Å². The maximum absolute atomic E-state index is 13.8. The van der Waals surface area contributed by atoms with Crippen molar-refractivity contribution >= 4 is 47.3 Å². The molecule has 150 valence electrons. The highest BCUT2D eigenvalue weighted by atomic mass is 35.5. The van der Waals surface area contributed by atoms with E-state index in [-0.39, 0.29) is 47.3 Å². The maximum atomic E-state index is 13.8. The molecule has 1 aromatic carbocycles. The molecule has 2 heterocycles. The minimum Gasteiger partial charge on any atom is -0.367 e. The van der Waals surface area contributed by atoms with Crippen LogP contribution in [-0.4, -0.2) is 32.7 Å². The van der Waals surface area contributed by atoms with E-state index >= 15 is 0 Å². The smallest absolute Gasteiger partial charge is 0.367 e. The number of nitrogens with two attached hydrogens (primary N) is 1. The van der Waals surface area contributed by atoms with Crippen LogP contribution >= 0.6 is 24.8 Å². The first-order valence-corrected chi connectivity index (χ1v) is 7.69. The third kappa shape index (κ3) is 4.50. The Balaban J connectivity index is 0.00000182. The van der Waals surface area contributed by atoms with Crippen molar-refractivity contribution in [1.82, 2.24) is 19.6 Å². The fourth-order valence-electron chi connectivity index (χ4n) is 2.65. The van der Waals surface area contributed by atoms with Crippen LogP contribution in [0, 0.1) is 12.7 Å². The summed E-state index contributed by atoms with van der Waals surface area (Å²) in [6, 6.07) is 1.44. The quantitative estimate of drug-likeness (QED) is 0.477. The number of halogens is 6. The van der Waals surface area contributed by atoms with Crippen molar-refractivity contribution in [2.24, 2.45) is 5.73 Å². The second kappa shape index (κ2) is 8.85. The highest BCUT2D eigenvalue weighted by molar-refractivity contribution is 5.86. The molecule has 0 atom stereocenters. The highest BCUT2D eigenvalue weighted by Gasteiger charge is 2.35. The number of hydrogen-bond donors (Lipinski definition) is 2. The number of nitrogens with zero attached hydrogens (tertiary/aromatic N) is 4. The van der Waals surface area contributed by atoms with Gasteiger partial charge in [0.2, 0.25) is 5.65 Å². The summed E-state index contributed by atoms with van der Waals surface area (Å²) in [5.74, 6) is -0.493. The normalized spacial score (nSPS) is 11.3. The van der Waals surface area contributed by atoms with Gasteiger partial charge < -0.3 is 11.1 Å². The number of unbranched alkanes of at least 4 members (excludes halogenated alkanes) is 1. The summed E-state index contributed by atoms with van der Waals surface area (Å²) in [6.07, 6.45) is -3.24. The molecule has 12 heteroatoms. The Kier molecular flexibility index (Phi) is 7.58. The van der Waals surface area contributed by atoms with Gasteiger partial charge in [-0.2, -0.15) is 13.2 Å². The molecule has 6 nitrogen and oxygen atoms in total. The summed E-state index contributed by atoms with van der Waals surface area (Å²) in [5.41, 5.74) is 4.15. The van der Waals surface area contributed by atoms with E-state index < -0.39 is 17.6 Å². The Morgan fingerprint density at radius 1 is 1.15 bits per heavy atom. The molecule has 0 bridgehead atoms. The SMILES string of the molecule is Cc1nnc2c(NCCCCN)nc3c(C(F)(F)F)cc(F)cc3n12.Cl.Cl. The van der Waals surface area contributed by atoms with Gasteiger partial charge in [-0.1, -0.05) is 0 Å². The molecule has 0 saturated heterocycles. The fraction of sp³-hybridized carbons (Fsp3) is 0.400. The number of aromatic nitrogens is 4. The van der Waals surface area contributed by atoms with E-state index in [2.05, 4.69) is 20.5 Å². The Hall–Kier alpha value is -1.91. The van der Waals surface area contributed by atoms with Gasteiger partial charge in [-0.25, -0.2) is 9.37 Å². The second-order valence-corrected chi connectivity index (χ2v) is 5.61. The third-order valence-corrected chi connectivity index (χ3v) is 3.78. The van der Waals surface area contributed by atoms with Crippen molar-refractivity contribution in [3.63, 3.8) is 0 Å². The molecule has 3 rings (SSSR count). The Morgan fingerprint density at radius 3 is 2.48 bits per heavy atom. The van der Waals surface area contributed by atoms with Crippen molar-refractivity contribution < 1.29 is 17.6 Å². The number of alkyl halides is 3. The van der Waals surface area contributed by atoms with Gasteiger partial charge >= 0.3 is 6.18 Å². The predicted octanol–water partition coefficient (Wildman–Crippen LogP) is 3.74. The molecule has 27 heavy (non-hydrogen) atoms. The van der Waals surface area contributed by atoms with Crippen molar-refractivity contribution in [2.75, 3.05) is 18.4 Å². The molecule has 0 aliphatic carbocycles. The van der Waals surface area contributed by atoms with Crippen LogP contribution in [0.4, 0.5) is 23.4 Å². The number of nitrogens with one attached hydrogen (secondary N) is 1. The van der Waals surface area contributed by atoms with Gasteiger partial charge in [0, 0.05) is 12.6 Å². The van der Waals surface area contributed by atoms with E-state index in [1.807, 2.05) is 0 Å². The van der Waals surface area contributed by atoms with Crippen LogP contribution in [0.2, 0.25) is 0 Å². The van der Waals surface area contributed by atoms with Crippen LogP contribution < -0.4 is 11.1 Å². The summed E-state index contributed by atoms with van der Waals surface area (Å²) in [7, 11) is 0. The zero-order chi connectivity index (χ0) is 18.2. The van der Waals surface area contributed by atoms with Crippen molar-refractivity contribution in [3.8, 4) is 0 Å². The van der Waals surface area contributed by atoms with E-state index in [4.69, 9.17) is 5.73 Å². The molecular formula is C15H18Cl2F4N6. The van der Waals surface area contributed by atoms with E-state index in [1.165, 1.54) is 4.40 Å². The van der Waals surface area contributed by atoms with E-state index in [0.29, 0.717) is 25.0 Å². The lowest BCUT2D eigenvalue weighted by molar-refractivity contribution is -0.136. The van der Waals surface area contributed by atoms with E-state index in [1.54, 1.807) is 6.92 Å². The molecule has 0 saturated carbocycles. The highest BCUT2D eigenvalue weighted by Crippen LogP contribution is 2.36. The Labute approximate surface area is 164 Å². The summed E-state index contributed by atoms with van der Waals surface area (Å²) >= 11 is 0. The zero-order valence-electron chi connectivity index (χ0n) is 14.2. The molecule has 0 unspecified atom stereocenters. The second-order valence-electron chi connectivity index (χ2n) is 5.61. The summed E-state index contributed by atoms with van der Waals surface area (Å²) < 4.78 is 55.1. The molecule has 0 amide bonds. The first-order chi connectivity index (χ1) is 11.8. The van der Waals surface area contributed by atoms with Crippen LogP contribution in [0.1, 0.15) is 24.2 Å². The van der Waals surface area contributed by atoms with Crippen molar-refractivity contribution in [2.45, 2.75) is 25.9 Å². The summed E-state index contributed by atoms with van der Waals surface area (Å²) in [5, 5.41) is 10.8. The fourth-order valence-corrected chi connectivity index (χ4v) is 2.65. The van der Waals surface area contributed by atoms with Crippen LogP contribution in [0.15, 0.2) is 12.1 Å².